The second kappa shape index (κ2) is 11.7. The highest BCUT2D eigenvalue weighted by Crippen LogP contribution is 2.26. The summed E-state index contributed by atoms with van der Waals surface area (Å²) in [5.41, 5.74) is -1.50. The molecule has 0 saturated carbocycles. The Morgan fingerprint density at radius 3 is 1.71 bits per heavy atom. The summed E-state index contributed by atoms with van der Waals surface area (Å²) in [7, 11) is 0. The van der Waals surface area contributed by atoms with Crippen LogP contribution in [0.1, 0.15) is 39.2 Å². The third-order valence-electron chi connectivity index (χ3n) is 3.62. The van der Waals surface area contributed by atoms with E-state index in [0.717, 1.165) is 0 Å². The summed E-state index contributed by atoms with van der Waals surface area (Å²) in [4.78, 5) is 49.2. The number of esters is 4. The van der Waals surface area contributed by atoms with E-state index in [-0.39, 0.29) is 26.2 Å². The smallest absolute Gasteiger partial charge is 0.351 e. The molecule has 8 nitrogen and oxygen atoms in total. The van der Waals surface area contributed by atoms with Crippen LogP contribution in [0.15, 0.2) is 30.3 Å². The highest BCUT2D eigenvalue weighted by Gasteiger charge is 2.49. The Hall–Kier alpha value is -2.90. The second-order valence-electron chi connectivity index (χ2n) is 5.81. The van der Waals surface area contributed by atoms with Gasteiger partial charge >= 0.3 is 23.9 Å². The van der Waals surface area contributed by atoms with Crippen LogP contribution in [-0.4, -0.2) is 49.3 Å². The van der Waals surface area contributed by atoms with Crippen LogP contribution in [0.5, 0.6) is 0 Å². The lowest BCUT2D eigenvalue weighted by Gasteiger charge is -2.29. The summed E-state index contributed by atoms with van der Waals surface area (Å²) in [5.74, 6) is -3.38. The predicted molar refractivity (Wildman–Crippen MR) is 98.1 cm³/mol. The fourth-order valence-corrected chi connectivity index (χ4v) is 2.49. The Morgan fingerprint density at radius 1 is 0.750 bits per heavy atom. The van der Waals surface area contributed by atoms with Crippen LogP contribution in [-0.2, 0) is 44.5 Å². The first-order valence-corrected chi connectivity index (χ1v) is 9.11. The lowest BCUT2D eigenvalue weighted by atomic mass is 9.94. The minimum atomic E-state index is -2.15. The fraction of sp³-hybridized carbons (Fsp3) is 0.500. The average molecular weight is 394 g/mol. The summed E-state index contributed by atoms with van der Waals surface area (Å²) in [6.45, 7) is 4.85. The van der Waals surface area contributed by atoms with Gasteiger partial charge in [-0.3, -0.25) is 14.4 Å². The van der Waals surface area contributed by atoms with E-state index in [1.54, 1.807) is 51.1 Å². The van der Waals surface area contributed by atoms with E-state index in [1.165, 1.54) is 0 Å². The van der Waals surface area contributed by atoms with Crippen molar-refractivity contribution in [3.05, 3.63) is 35.9 Å². The number of benzene rings is 1. The van der Waals surface area contributed by atoms with Crippen LogP contribution in [0.3, 0.4) is 0 Å². The highest BCUT2D eigenvalue weighted by molar-refractivity contribution is 5.92. The van der Waals surface area contributed by atoms with Gasteiger partial charge in [-0.15, -0.1) is 0 Å². The molecular weight excluding hydrogens is 368 g/mol. The van der Waals surface area contributed by atoms with Gasteiger partial charge in [-0.1, -0.05) is 30.3 Å². The Bertz CT molecular complexity index is 648. The molecule has 0 N–H and O–H groups in total. The van der Waals surface area contributed by atoms with Crippen molar-refractivity contribution in [3.63, 3.8) is 0 Å². The molecule has 0 fully saturated rings. The van der Waals surface area contributed by atoms with Gasteiger partial charge in [0, 0.05) is 0 Å². The number of carbonyl (C=O) groups is 4. The summed E-state index contributed by atoms with van der Waals surface area (Å²) in [6, 6.07) is 8.71. The monoisotopic (exact) mass is 394 g/mol. The second-order valence-corrected chi connectivity index (χ2v) is 5.81. The van der Waals surface area contributed by atoms with Gasteiger partial charge in [-0.2, -0.15) is 0 Å². The van der Waals surface area contributed by atoms with Gasteiger partial charge in [0.05, 0.1) is 39.1 Å². The molecule has 28 heavy (non-hydrogen) atoms. The number of hydrogen-bond donors (Lipinski definition) is 0. The molecule has 0 atom stereocenters. The number of rotatable bonds is 11. The summed E-state index contributed by atoms with van der Waals surface area (Å²) >= 11 is 0. The van der Waals surface area contributed by atoms with E-state index in [1.807, 2.05) is 0 Å². The third kappa shape index (κ3) is 7.38. The van der Waals surface area contributed by atoms with Gasteiger partial charge in [-0.05, 0) is 26.3 Å². The molecule has 1 aromatic carbocycles. The van der Waals surface area contributed by atoms with Crippen molar-refractivity contribution >= 4 is 23.9 Å². The van der Waals surface area contributed by atoms with Crippen molar-refractivity contribution in [1.29, 1.82) is 0 Å². The van der Waals surface area contributed by atoms with Crippen molar-refractivity contribution in [2.24, 2.45) is 0 Å². The van der Waals surface area contributed by atoms with Crippen LogP contribution in [0, 0.1) is 0 Å². The van der Waals surface area contributed by atoms with Gasteiger partial charge in [-0.25, -0.2) is 4.79 Å². The van der Waals surface area contributed by atoms with Gasteiger partial charge in [0.15, 0.2) is 0 Å². The molecule has 0 amide bonds. The lowest BCUT2D eigenvalue weighted by Crippen LogP contribution is -2.49. The van der Waals surface area contributed by atoms with Crippen LogP contribution in [0.4, 0.5) is 0 Å². The molecule has 1 rings (SSSR count). The zero-order chi connectivity index (χ0) is 21.0. The summed E-state index contributed by atoms with van der Waals surface area (Å²) < 4.78 is 20.1. The SMILES string of the molecule is CCOC(=O)CC(CC(=O)OCC)(OC(=O)Cc1ccccc1)C(=O)OCC. The molecule has 0 bridgehead atoms. The molecule has 0 aliphatic rings. The maximum atomic E-state index is 12.6. The Balaban J connectivity index is 3.14. The Kier molecular flexibility index (Phi) is 9.70. The summed E-state index contributed by atoms with van der Waals surface area (Å²) in [6.07, 6.45) is -1.45. The molecule has 0 saturated heterocycles. The molecule has 0 heterocycles. The molecule has 0 unspecified atom stereocenters. The van der Waals surface area contributed by atoms with Gasteiger partial charge in [0.2, 0.25) is 5.60 Å². The topological polar surface area (TPSA) is 105 Å². The third-order valence-corrected chi connectivity index (χ3v) is 3.62. The van der Waals surface area contributed by atoms with E-state index >= 15 is 0 Å². The molecule has 8 heteroatoms. The molecule has 1 aromatic rings. The maximum Gasteiger partial charge on any atom is 0.351 e. The van der Waals surface area contributed by atoms with Crippen molar-refractivity contribution in [3.8, 4) is 0 Å². The molecule has 0 radical (unpaired) electrons. The first kappa shape index (κ1) is 23.1. The largest absolute Gasteiger partial charge is 0.466 e. The van der Waals surface area contributed by atoms with Crippen LogP contribution in [0.2, 0.25) is 0 Å². The molecule has 154 valence electrons. The predicted octanol–water partition coefficient (Wildman–Crippen LogP) is 1.98. The van der Waals surface area contributed by atoms with Crippen molar-refractivity contribution in [1.82, 2.24) is 0 Å². The van der Waals surface area contributed by atoms with Gasteiger partial charge < -0.3 is 18.9 Å². The van der Waals surface area contributed by atoms with Gasteiger partial charge in [0.1, 0.15) is 0 Å². The van der Waals surface area contributed by atoms with Crippen molar-refractivity contribution in [2.75, 3.05) is 19.8 Å². The molecule has 0 aliphatic carbocycles. The van der Waals surface area contributed by atoms with E-state index in [0.29, 0.717) is 5.56 Å². The normalized spacial score (nSPS) is 10.7. The van der Waals surface area contributed by atoms with Crippen molar-refractivity contribution in [2.45, 2.75) is 45.6 Å². The standard InChI is InChI=1S/C20H26O8/c1-4-25-17(22)13-20(19(24)27-6-3,14-18(23)26-5-2)28-16(21)12-15-10-8-7-9-11-15/h7-11H,4-6,12-14H2,1-3H3. The van der Waals surface area contributed by atoms with Crippen LogP contribution >= 0.6 is 0 Å². The lowest BCUT2D eigenvalue weighted by molar-refractivity contribution is -0.190. The van der Waals surface area contributed by atoms with Crippen molar-refractivity contribution < 1.29 is 38.1 Å². The first-order chi connectivity index (χ1) is 13.4. The van der Waals surface area contributed by atoms with E-state index in [2.05, 4.69) is 0 Å². The molecular formula is C20H26O8. The summed E-state index contributed by atoms with van der Waals surface area (Å²) in [5, 5.41) is 0. The minimum absolute atomic E-state index is 0.0253. The van der Waals surface area contributed by atoms with Crippen LogP contribution in [0.25, 0.3) is 0 Å². The zero-order valence-electron chi connectivity index (χ0n) is 16.4. The molecule has 0 aliphatic heterocycles. The van der Waals surface area contributed by atoms with E-state index in [9.17, 15) is 19.2 Å². The number of carbonyl (C=O) groups excluding carboxylic acids is 4. The average Bonchev–Trinajstić information content (AvgIpc) is 2.62. The maximum absolute atomic E-state index is 12.6. The zero-order valence-corrected chi connectivity index (χ0v) is 16.4. The quantitative estimate of drug-likeness (QED) is 0.414. The number of hydrogen-bond acceptors (Lipinski definition) is 8. The van der Waals surface area contributed by atoms with Crippen LogP contribution < -0.4 is 0 Å². The Labute approximate surface area is 164 Å². The number of ether oxygens (including phenoxy) is 4. The first-order valence-electron chi connectivity index (χ1n) is 9.11. The highest BCUT2D eigenvalue weighted by atomic mass is 16.6. The molecule has 0 spiro atoms. The van der Waals surface area contributed by atoms with E-state index in [4.69, 9.17) is 18.9 Å². The Morgan fingerprint density at radius 2 is 1.25 bits per heavy atom. The van der Waals surface area contributed by atoms with Gasteiger partial charge in [0.25, 0.3) is 0 Å². The fourth-order valence-electron chi connectivity index (χ4n) is 2.49. The van der Waals surface area contributed by atoms with E-state index < -0.39 is 42.3 Å². The molecule has 0 aromatic heterocycles. The minimum Gasteiger partial charge on any atom is -0.466 e.